The van der Waals surface area contributed by atoms with Crippen molar-refractivity contribution in [1.82, 2.24) is 0 Å². The number of carboxylic acid groups (broad SMARTS) is 1. The maximum Gasteiger partial charge on any atom is 0.351 e. The number of halogens is 3. The van der Waals surface area contributed by atoms with E-state index in [0.29, 0.717) is 13.6 Å². The first-order valence-electron chi connectivity index (χ1n) is 8.11. The van der Waals surface area contributed by atoms with Crippen LogP contribution in [0, 0.1) is 40.5 Å². The van der Waals surface area contributed by atoms with Crippen molar-refractivity contribution >= 4 is 36.3 Å². The van der Waals surface area contributed by atoms with Crippen molar-refractivity contribution in [2.75, 3.05) is 0 Å². The molecule has 1 radical (unpaired) electrons. The molecule has 34 heavy (non-hydrogen) atoms. The van der Waals surface area contributed by atoms with E-state index in [1.807, 2.05) is 0 Å². The van der Waals surface area contributed by atoms with Crippen LogP contribution in [0.25, 0.3) is 0 Å². The summed E-state index contributed by atoms with van der Waals surface area (Å²) in [6.07, 6.45) is 0. The zero-order valence-electron chi connectivity index (χ0n) is 16.7. The number of nitro groups is 4. The summed E-state index contributed by atoms with van der Waals surface area (Å²) < 4.78 is 26.2. The molecule has 0 amide bonds. The highest BCUT2D eigenvalue weighted by Crippen LogP contribution is 2.23. The van der Waals surface area contributed by atoms with Gasteiger partial charge in [0.1, 0.15) is 0 Å². The lowest BCUT2D eigenvalue weighted by Gasteiger charge is -1.97. The molecule has 2 aromatic carbocycles. The fourth-order valence-corrected chi connectivity index (χ4v) is 1.89. The molecule has 0 aromatic heterocycles. The Kier molecular flexibility index (Phi) is 14.9. The van der Waals surface area contributed by atoms with Crippen LogP contribution in [0.1, 0.15) is 15.9 Å². The minimum atomic E-state index is -1.46. The van der Waals surface area contributed by atoms with Crippen LogP contribution < -0.4 is 0 Å². The maximum absolute atomic E-state index is 10.5. The number of benzene rings is 2. The van der Waals surface area contributed by atoms with E-state index in [0.717, 1.165) is 30.3 Å². The van der Waals surface area contributed by atoms with Gasteiger partial charge in [-0.3, -0.25) is 40.5 Å². The summed E-state index contributed by atoms with van der Waals surface area (Å²) in [6.45, 7) is 0.864. The van der Waals surface area contributed by atoms with Crippen LogP contribution in [0.3, 0.4) is 0 Å². The molecule has 0 aliphatic heterocycles. The van der Waals surface area contributed by atoms with E-state index in [2.05, 4.69) is 0 Å². The molecule has 0 bridgehead atoms. The molecule has 0 heterocycles. The highest BCUT2D eigenvalue weighted by atomic mass is 20.0. The molecule has 15 nitrogen and oxygen atoms in total. The number of hydrogen-bond donors (Lipinski definition) is 2. The number of aliphatic hydroxyl groups excluding tert-OH is 1. The van der Waals surface area contributed by atoms with Crippen molar-refractivity contribution in [1.29, 1.82) is 0 Å². The smallest absolute Gasteiger partial charge is 0.351 e. The van der Waals surface area contributed by atoms with Gasteiger partial charge in [-0.2, -0.15) is 0 Å². The molecule has 0 aliphatic rings. The molecule has 19 heteroatoms. The van der Waals surface area contributed by atoms with Crippen molar-refractivity contribution in [3.05, 3.63) is 88.0 Å². The molecule has 0 unspecified atom stereocenters. The van der Waals surface area contributed by atoms with E-state index in [9.17, 15) is 49.6 Å². The Bertz CT molecular complexity index is 931. The van der Waals surface area contributed by atoms with Gasteiger partial charge in [-0.25, -0.2) is 4.79 Å². The molecule has 0 fully saturated rings. The number of nitro benzene ring substituents is 4. The van der Waals surface area contributed by atoms with E-state index >= 15 is 0 Å². The zero-order chi connectivity index (χ0) is 27.0. The second-order valence-electron chi connectivity index (χ2n) is 5.31. The van der Waals surface area contributed by atoms with Crippen LogP contribution in [0.15, 0.2) is 36.4 Å². The molecule has 2 N–H and O–H groups in total. The predicted octanol–water partition coefficient (Wildman–Crippen LogP) is 3.66. The number of carboxylic acids is 1. The Morgan fingerprint density at radius 3 is 1.26 bits per heavy atom. The third-order valence-electron chi connectivity index (χ3n) is 3.14. The van der Waals surface area contributed by atoms with Crippen molar-refractivity contribution in [2.45, 2.75) is 13.4 Å². The zero-order valence-corrected chi connectivity index (χ0v) is 16.7. The number of non-ortho nitro benzene ring substituents is 4. The molecule has 0 spiro atoms. The Morgan fingerprint density at radius 2 is 1.06 bits per heavy atom. The van der Waals surface area contributed by atoms with Gasteiger partial charge in [0.25, 0.3) is 22.7 Å². The minimum Gasteiger partial charge on any atom is -0.478 e. The van der Waals surface area contributed by atoms with Gasteiger partial charge in [-0.05, 0) is 5.56 Å². The third kappa shape index (κ3) is 11.1. The number of aliphatic hydroxyl groups is 1. The van der Waals surface area contributed by atoms with Gasteiger partial charge in [0.15, 0.2) is 0 Å². The Morgan fingerprint density at radius 1 is 0.794 bits per heavy atom. The third-order valence-corrected chi connectivity index (χ3v) is 3.14. The largest absolute Gasteiger partial charge is 0.478 e. The highest BCUT2D eigenvalue weighted by molar-refractivity contribution is 6.23. The number of carbonyl (C=O) groups is 1. The average molecular weight is 493 g/mol. The van der Waals surface area contributed by atoms with E-state index in [1.165, 1.54) is 6.82 Å². The molecule has 2 rings (SSSR count). The minimum absolute atomic E-state index is 0.144. The van der Waals surface area contributed by atoms with Gasteiger partial charge in [0, 0.05) is 33.4 Å². The van der Waals surface area contributed by atoms with Crippen molar-refractivity contribution in [3.63, 3.8) is 0 Å². The van der Waals surface area contributed by atoms with Crippen molar-refractivity contribution in [3.8, 4) is 0 Å². The lowest BCUT2D eigenvalue weighted by Crippen LogP contribution is -2.00. The van der Waals surface area contributed by atoms with E-state index < -0.39 is 60.6 Å². The Labute approximate surface area is 186 Å². The van der Waals surface area contributed by atoms with E-state index in [-0.39, 0.29) is 5.56 Å². The van der Waals surface area contributed by atoms with E-state index in [4.69, 9.17) is 19.4 Å². The summed E-state index contributed by atoms with van der Waals surface area (Å²) in [5.74, 6) is -1.46. The van der Waals surface area contributed by atoms with Crippen molar-refractivity contribution in [2.24, 2.45) is 0 Å². The average Bonchev–Trinajstić information content (AvgIpc) is 2.80. The fourth-order valence-electron chi connectivity index (χ4n) is 1.89. The first-order chi connectivity index (χ1) is 15.9. The summed E-state index contributed by atoms with van der Waals surface area (Å²) in [5.41, 5.74) is -2.39. The van der Waals surface area contributed by atoms with Gasteiger partial charge in [-0.15, -0.1) is 0 Å². The predicted molar refractivity (Wildman–Crippen MR) is 107 cm³/mol. The lowest BCUT2D eigenvalue weighted by atomic mass is 10.2. The number of hydrogen-bond acceptors (Lipinski definition) is 10. The molecule has 0 saturated carbocycles. The highest BCUT2D eigenvalue weighted by Gasteiger charge is 2.19. The summed E-state index contributed by atoms with van der Waals surface area (Å²) >= 11 is 0. The quantitative estimate of drug-likeness (QED) is 0.335. The molecule has 0 saturated heterocycles. The number of rotatable bonds is 6. The summed E-state index contributed by atoms with van der Waals surface area (Å²) in [7, 11) is 0.500. The molecule has 183 valence electrons. The number of aromatic carboxylic acids is 1. The summed E-state index contributed by atoms with van der Waals surface area (Å²) in [6, 6.07) is 5.25. The lowest BCUT2D eigenvalue weighted by molar-refractivity contribution is -0.394. The van der Waals surface area contributed by atoms with Crippen LogP contribution in [-0.4, -0.2) is 43.4 Å². The normalized spacial score (nSPS) is 8.85. The summed E-state index contributed by atoms with van der Waals surface area (Å²) in [4.78, 5) is 48.6. The second kappa shape index (κ2) is 16.0. The SMILES string of the molecule is C[B]F.FF.O=C(O)c1cc([N+](=O)[O-])cc([N+](=O)[O-])c1.O=[N+]([O-])c1cc(CO)cc([N+](=O)[O-])c1. The van der Waals surface area contributed by atoms with E-state index in [1.54, 1.807) is 0 Å². The van der Waals surface area contributed by atoms with Crippen LogP contribution in [0.5, 0.6) is 0 Å². The maximum atomic E-state index is 10.5. The first kappa shape index (κ1) is 31.5. The van der Waals surface area contributed by atoms with Gasteiger partial charge in [0.05, 0.1) is 44.0 Å². The van der Waals surface area contributed by atoms with Crippen LogP contribution in [0.2, 0.25) is 6.82 Å². The Hall–Kier alpha value is -4.68. The topological polar surface area (TPSA) is 230 Å². The van der Waals surface area contributed by atoms with Crippen molar-refractivity contribution < 1.29 is 48.2 Å². The van der Waals surface area contributed by atoms with Crippen LogP contribution in [0.4, 0.5) is 36.2 Å². The monoisotopic (exact) mass is 493 g/mol. The number of nitrogens with zero attached hydrogens (tertiary/aromatic N) is 4. The summed E-state index contributed by atoms with van der Waals surface area (Å²) in [5, 5.41) is 58.6. The van der Waals surface area contributed by atoms with Gasteiger partial charge in [-0.1, -0.05) is 6.82 Å². The second-order valence-corrected chi connectivity index (χ2v) is 5.31. The first-order valence-corrected chi connectivity index (χ1v) is 8.11. The fraction of sp³-hybridized carbons (Fsp3) is 0.133. The Balaban J connectivity index is 0. The van der Waals surface area contributed by atoms with Gasteiger partial charge < -0.3 is 14.5 Å². The molecule has 0 aliphatic carbocycles. The van der Waals surface area contributed by atoms with Crippen LogP contribution in [-0.2, 0) is 6.61 Å². The van der Waals surface area contributed by atoms with Gasteiger partial charge in [0.2, 0.25) is 0 Å². The molecular weight excluding hydrogens is 480 g/mol. The molecule has 2 aromatic rings. The molecule has 0 atom stereocenters. The van der Waals surface area contributed by atoms with Crippen LogP contribution >= 0.6 is 0 Å². The standard InChI is InChI=1S/C7H4N2O6.C7H6N2O5.CH3BF.F2/c10-7(11)4-1-5(8(12)13)3-6(2-4)9(14)15;10-4-5-1-6(8(11)12)3-7(2-5)9(13)14;1-2-3;1-2/h1-3H,(H,10,11);1-3,10H,4H2;1H3;. The molecular formula is C15H13BF3N4O11. The van der Waals surface area contributed by atoms with Gasteiger partial charge >= 0.3 is 13.5 Å².